The summed E-state index contributed by atoms with van der Waals surface area (Å²) in [5, 5.41) is 2.63. The zero-order chi connectivity index (χ0) is 14.2. The maximum absolute atomic E-state index is 4.60. The van der Waals surface area contributed by atoms with Crippen molar-refractivity contribution in [2.45, 2.75) is 18.8 Å². The van der Waals surface area contributed by atoms with E-state index in [4.69, 9.17) is 0 Å². The molecular formula is C17H20N2S2. The van der Waals surface area contributed by atoms with Crippen LogP contribution in [0, 0.1) is 0 Å². The number of thiophene rings is 1. The Bertz CT molecular complexity index is 681. The van der Waals surface area contributed by atoms with E-state index in [0.29, 0.717) is 0 Å². The molecule has 4 rings (SSSR count). The molecule has 0 bridgehead atoms. The van der Waals surface area contributed by atoms with Gasteiger partial charge in [-0.05, 0) is 56.4 Å². The highest BCUT2D eigenvalue weighted by molar-refractivity contribution is 8.14. The van der Waals surface area contributed by atoms with Gasteiger partial charge in [-0.1, -0.05) is 12.1 Å². The third-order valence-corrected chi connectivity index (χ3v) is 6.78. The summed E-state index contributed by atoms with van der Waals surface area (Å²) in [6.07, 6.45) is 2.61. The van der Waals surface area contributed by atoms with Crippen molar-refractivity contribution in [1.29, 1.82) is 0 Å². The Morgan fingerprint density at radius 1 is 1.19 bits per heavy atom. The van der Waals surface area contributed by atoms with Gasteiger partial charge in [-0.3, -0.25) is 4.99 Å². The minimum atomic E-state index is 0.764. The molecule has 0 unspecified atom stereocenters. The molecule has 1 fully saturated rings. The molecular weight excluding hydrogens is 296 g/mol. The lowest BCUT2D eigenvalue weighted by Gasteiger charge is -2.28. The molecule has 1 aromatic carbocycles. The molecule has 0 radical (unpaired) electrons. The Hall–Kier alpha value is -0.840. The van der Waals surface area contributed by atoms with Crippen molar-refractivity contribution >= 4 is 38.2 Å². The van der Waals surface area contributed by atoms with Gasteiger partial charge < -0.3 is 4.90 Å². The van der Waals surface area contributed by atoms with E-state index in [2.05, 4.69) is 41.2 Å². The van der Waals surface area contributed by atoms with E-state index < -0.39 is 0 Å². The molecule has 2 aliphatic heterocycles. The summed E-state index contributed by atoms with van der Waals surface area (Å²) in [6, 6.07) is 9.28. The third kappa shape index (κ3) is 2.77. The molecule has 21 heavy (non-hydrogen) atoms. The number of nitrogens with zero attached hydrogens (tertiary/aromatic N) is 2. The molecule has 0 amide bonds. The number of fused-ring (bicyclic) bond motifs is 1. The highest BCUT2D eigenvalue weighted by Crippen LogP contribution is 2.37. The average molecular weight is 316 g/mol. The molecule has 0 saturated carbocycles. The molecule has 0 aliphatic carbocycles. The number of benzene rings is 1. The summed E-state index contributed by atoms with van der Waals surface area (Å²) in [5.74, 6) is 1.90. The summed E-state index contributed by atoms with van der Waals surface area (Å²) < 4.78 is 1.43. The van der Waals surface area contributed by atoms with Crippen LogP contribution < -0.4 is 0 Å². The molecule has 2 nitrogen and oxygen atoms in total. The van der Waals surface area contributed by atoms with E-state index in [1.807, 2.05) is 23.1 Å². The minimum absolute atomic E-state index is 0.764. The summed E-state index contributed by atoms with van der Waals surface area (Å²) in [6.45, 7) is 3.44. The summed E-state index contributed by atoms with van der Waals surface area (Å²) in [4.78, 5) is 8.62. The maximum atomic E-state index is 4.60. The fraction of sp³-hybridized carbons (Fsp3) is 0.471. The van der Waals surface area contributed by atoms with Crippen molar-refractivity contribution in [3.63, 3.8) is 0 Å². The van der Waals surface area contributed by atoms with Gasteiger partial charge in [0.05, 0.1) is 5.04 Å². The van der Waals surface area contributed by atoms with Gasteiger partial charge in [-0.2, -0.15) is 0 Å². The van der Waals surface area contributed by atoms with Crippen molar-refractivity contribution in [2.24, 2.45) is 4.99 Å². The number of likely N-dealkylation sites (tertiary alicyclic amines) is 1. The first-order chi connectivity index (χ1) is 10.3. The second kappa shape index (κ2) is 5.75. The van der Waals surface area contributed by atoms with Crippen LogP contribution in [0.1, 0.15) is 29.2 Å². The van der Waals surface area contributed by atoms with Crippen LogP contribution in [0.4, 0.5) is 0 Å². The van der Waals surface area contributed by atoms with E-state index in [0.717, 1.165) is 18.2 Å². The van der Waals surface area contributed by atoms with Gasteiger partial charge in [-0.25, -0.2) is 0 Å². The normalized spacial score (nSPS) is 21.1. The van der Waals surface area contributed by atoms with E-state index in [-0.39, 0.29) is 0 Å². The summed E-state index contributed by atoms with van der Waals surface area (Å²) in [7, 11) is 2.23. The van der Waals surface area contributed by atoms with Gasteiger partial charge in [0.2, 0.25) is 0 Å². The van der Waals surface area contributed by atoms with Crippen LogP contribution in [0.5, 0.6) is 0 Å². The van der Waals surface area contributed by atoms with Crippen molar-refractivity contribution in [3.8, 4) is 0 Å². The van der Waals surface area contributed by atoms with Crippen molar-refractivity contribution in [2.75, 3.05) is 32.4 Å². The Morgan fingerprint density at radius 2 is 2.05 bits per heavy atom. The van der Waals surface area contributed by atoms with Gasteiger partial charge in [0, 0.05) is 27.4 Å². The Labute approximate surface area is 134 Å². The molecule has 1 saturated heterocycles. The van der Waals surface area contributed by atoms with Crippen LogP contribution >= 0.6 is 23.1 Å². The van der Waals surface area contributed by atoms with Crippen LogP contribution in [-0.2, 0) is 0 Å². The maximum Gasteiger partial charge on any atom is 0.0978 e. The van der Waals surface area contributed by atoms with Crippen LogP contribution in [0.15, 0.2) is 29.3 Å². The van der Waals surface area contributed by atoms with Gasteiger partial charge in [0.25, 0.3) is 0 Å². The molecule has 2 aliphatic rings. The lowest BCUT2D eigenvalue weighted by Crippen LogP contribution is -2.28. The fourth-order valence-corrected chi connectivity index (χ4v) is 5.31. The minimum Gasteiger partial charge on any atom is -0.306 e. The first-order valence-electron chi connectivity index (χ1n) is 7.69. The Balaban J connectivity index is 1.63. The quantitative estimate of drug-likeness (QED) is 0.825. The van der Waals surface area contributed by atoms with Gasteiger partial charge >= 0.3 is 0 Å². The van der Waals surface area contributed by atoms with E-state index in [1.54, 1.807) is 4.88 Å². The molecule has 4 heteroatoms. The van der Waals surface area contributed by atoms with E-state index >= 15 is 0 Å². The number of piperidine rings is 1. The fourth-order valence-electron chi connectivity index (χ4n) is 3.19. The van der Waals surface area contributed by atoms with Crippen LogP contribution in [0.3, 0.4) is 0 Å². The number of thioether (sulfide) groups is 1. The Morgan fingerprint density at radius 3 is 2.81 bits per heavy atom. The monoisotopic (exact) mass is 316 g/mol. The molecule has 0 N–H and O–H groups in total. The molecule has 3 heterocycles. The molecule has 0 spiro atoms. The highest BCUT2D eigenvalue weighted by Gasteiger charge is 2.20. The van der Waals surface area contributed by atoms with Crippen molar-refractivity contribution in [1.82, 2.24) is 4.90 Å². The Kier molecular flexibility index (Phi) is 3.78. The number of hydrogen-bond donors (Lipinski definition) is 0. The van der Waals surface area contributed by atoms with Gasteiger partial charge in [0.1, 0.15) is 0 Å². The zero-order valence-electron chi connectivity index (χ0n) is 12.3. The predicted molar refractivity (Wildman–Crippen MR) is 95.2 cm³/mol. The van der Waals surface area contributed by atoms with Crippen molar-refractivity contribution in [3.05, 3.63) is 34.7 Å². The third-order valence-electron chi connectivity index (χ3n) is 4.49. The number of rotatable bonds is 2. The second-order valence-electron chi connectivity index (χ2n) is 6.01. The van der Waals surface area contributed by atoms with Crippen molar-refractivity contribution < 1.29 is 0 Å². The predicted octanol–water partition coefficient (Wildman–Crippen LogP) is 4.20. The molecule has 1 aromatic heterocycles. The highest BCUT2D eigenvalue weighted by atomic mass is 32.2. The second-order valence-corrected chi connectivity index (χ2v) is 8.21. The average Bonchev–Trinajstić information content (AvgIpc) is 3.16. The first-order valence-corrected chi connectivity index (χ1v) is 9.49. The van der Waals surface area contributed by atoms with Crippen LogP contribution in [0.2, 0.25) is 0 Å². The zero-order valence-corrected chi connectivity index (χ0v) is 14.0. The first kappa shape index (κ1) is 13.8. The smallest absolute Gasteiger partial charge is 0.0978 e. The SMILES string of the molecule is CN1CCC(c2cc3ccc(C4=NCCS4)cc3s2)CC1. The number of hydrogen-bond acceptors (Lipinski definition) is 4. The lowest BCUT2D eigenvalue weighted by atomic mass is 9.95. The van der Waals surface area contributed by atoms with E-state index in [9.17, 15) is 0 Å². The van der Waals surface area contributed by atoms with Crippen LogP contribution in [0.25, 0.3) is 10.1 Å². The molecule has 0 atom stereocenters. The number of aliphatic imine (C=N–C) groups is 1. The van der Waals surface area contributed by atoms with E-state index in [1.165, 1.54) is 46.6 Å². The van der Waals surface area contributed by atoms with Gasteiger partial charge in [-0.15, -0.1) is 23.1 Å². The standard InChI is InChI=1S/C17H20N2S2/c1-19-7-4-12(5-8-19)15-10-13-2-3-14(11-16(13)21-15)17-18-6-9-20-17/h2-3,10-12H,4-9H2,1H3. The summed E-state index contributed by atoms with van der Waals surface area (Å²) >= 11 is 3.88. The lowest BCUT2D eigenvalue weighted by molar-refractivity contribution is 0.257. The summed E-state index contributed by atoms with van der Waals surface area (Å²) in [5.41, 5.74) is 1.31. The van der Waals surface area contributed by atoms with Crippen LogP contribution in [-0.4, -0.2) is 42.4 Å². The molecule has 2 aromatic rings. The largest absolute Gasteiger partial charge is 0.306 e. The molecule has 110 valence electrons. The van der Waals surface area contributed by atoms with Gasteiger partial charge in [0.15, 0.2) is 0 Å². The topological polar surface area (TPSA) is 15.6 Å².